The average Bonchev–Trinajstić information content (AvgIpc) is 2.53. The van der Waals surface area contributed by atoms with Gasteiger partial charge in [0.1, 0.15) is 0 Å². The normalized spacial score (nSPS) is 11.6. The molecule has 1 amide bonds. The Labute approximate surface area is 143 Å². The van der Waals surface area contributed by atoms with Gasteiger partial charge < -0.3 is 10.1 Å². The van der Waals surface area contributed by atoms with Crippen LogP contribution in [0.4, 0.5) is 5.69 Å². The van der Waals surface area contributed by atoms with Crippen molar-refractivity contribution in [2.24, 2.45) is 5.92 Å². The molecule has 7 nitrogen and oxygen atoms in total. The summed E-state index contributed by atoms with van der Waals surface area (Å²) in [6.45, 7) is 7.29. The Morgan fingerprint density at radius 3 is 2.12 bits per heavy atom. The summed E-state index contributed by atoms with van der Waals surface area (Å²) in [6.07, 6.45) is 0. The van der Waals surface area contributed by atoms with Gasteiger partial charge in [-0.3, -0.25) is 9.59 Å². The molecule has 0 saturated carbocycles. The van der Waals surface area contributed by atoms with Crippen LogP contribution in [0.25, 0.3) is 0 Å². The third-order valence-corrected chi connectivity index (χ3v) is 5.36. The zero-order valence-electron chi connectivity index (χ0n) is 14.4. The molecule has 1 rings (SSSR count). The van der Waals surface area contributed by atoms with Gasteiger partial charge >= 0.3 is 5.97 Å². The number of rotatable bonds is 8. The molecule has 1 aromatic carbocycles. The molecule has 134 valence electrons. The first-order valence-electron chi connectivity index (χ1n) is 7.79. The van der Waals surface area contributed by atoms with Gasteiger partial charge in [-0.2, -0.15) is 4.31 Å². The molecule has 0 saturated heterocycles. The Bertz CT molecular complexity index is 664. The fourth-order valence-corrected chi connectivity index (χ4v) is 3.38. The van der Waals surface area contributed by atoms with Gasteiger partial charge in [-0.25, -0.2) is 8.42 Å². The summed E-state index contributed by atoms with van der Waals surface area (Å²) >= 11 is 0. The lowest BCUT2D eigenvalue weighted by Crippen LogP contribution is -2.30. The van der Waals surface area contributed by atoms with Crippen molar-refractivity contribution in [1.82, 2.24) is 4.31 Å². The molecule has 0 spiro atoms. The molecule has 0 aromatic heterocycles. The van der Waals surface area contributed by atoms with Crippen LogP contribution in [0.5, 0.6) is 0 Å². The number of amides is 1. The van der Waals surface area contributed by atoms with Gasteiger partial charge in [0, 0.05) is 18.8 Å². The zero-order valence-corrected chi connectivity index (χ0v) is 15.2. The molecule has 0 aliphatic carbocycles. The van der Waals surface area contributed by atoms with E-state index in [2.05, 4.69) is 5.32 Å². The van der Waals surface area contributed by atoms with E-state index in [1.165, 1.54) is 28.6 Å². The minimum Gasteiger partial charge on any atom is -0.455 e. The highest BCUT2D eigenvalue weighted by molar-refractivity contribution is 7.89. The number of ether oxygens (including phenoxy) is 1. The van der Waals surface area contributed by atoms with Crippen LogP contribution in [0.15, 0.2) is 29.2 Å². The number of hydrogen-bond acceptors (Lipinski definition) is 5. The van der Waals surface area contributed by atoms with Crippen molar-refractivity contribution >= 4 is 27.6 Å². The summed E-state index contributed by atoms with van der Waals surface area (Å²) < 4.78 is 30.9. The zero-order chi connectivity index (χ0) is 18.3. The molecular weight excluding hydrogens is 332 g/mol. The highest BCUT2D eigenvalue weighted by atomic mass is 32.2. The van der Waals surface area contributed by atoms with Crippen molar-refractivity contribution in [2.45, 2.75) is 32.6 Å². The van der Waals surface area contributed by atoms with E-state index in [0.717, 1.165) is 0 Å². The molecule has 0 fully saturated rings. The number of sulfonamides is 1. The highest BCUT2D eigenvalue weighted by Crippen LogP contribution is 2.18. The van der Waals surface area contributed by atoms with Gasteiger partial charge in [0.2, 0.25) is 10.0 Å². The van der Waals surface area contributed by atoms with Crippen LogP contribution in [0.2, 0.25) is 0 Å². The Morgan fingerprint density at radius 2 is 1.67 bits per heavy atom. The van der Waals surface area contributed by atoms with E-state index < -0.39 is 21.9 Å². The maximum absolute atomic E-state index is 12.4. The van der Waals surface area contributed by atoms with Gasteiger partial charge in [-0.1, -0.05) is 27.7 Å². The fourth-order valence-electron chi connectivity index (χ4n) is 1.92. The SMILES string of the molecule is CCN(CC)S(=O)(=O)c1ccc(NC(=O)COC(=O)C(C)C)cc1. The molecule has 1 N–H and O–H groups in total. The molecule has 0 aliphatic rings. The molecule has 0 aliphatic heterocycles. The van der Waals surface area contributed by atoms with Crippen LogP contribution in [0.1, 0.15) is 27.7 Å². The lowest BCUT2D eigenvalue weighted by atomic mass is 10.2. The second-order valence-corrected chi connectivity index (χ2v) is 7.36. The predicted molar refractivity (Wildman–Crippen MR) is 91.0 cm³/mol. The quantitative estimate of drug-likeness (QED) is 0.718. The van der Waals surface area contributed by atoms with Crippen LogP contribution in [0.3, 0.4) is 0 Å². The Morgan fingerprint density at radius 1 is 1.12 bits per heavy atom. The lowest BCUT2D eigenvalue weighted by Gasteiger charge is -2.18. The number of benzene rings is 1. The average molecular weight is 356 g/mol. The van der Waals surface area contributed by atoms with Gasteiger partial charge in [-0.05, 0) is 24.3 Å². The number of nitrogens with zero attached hydrogens (tertiary/aromatic N) is 1. The van der Waals surface area contributed by atoms with Gasteiger partial charge in [0.05, 0.1) is 10.8 Å². The molecule has 0 heterocycles. The minimum absolute atomic E-state index is 0.162. The van der Waals surface area contributed by atoms with Crippen LogP contribution >= 0.6 is 0 Å². The first kappa shape index (κ1) is 20.1. The minimum atomic E-state index is -3.53. The highest BCUT2D eigenvalue weighted by Gasteiger charge is 2.21. The monoisotopic (exact) mass is 356 g/mol. The van der Waals surface area contributed by atoms with Crippen LogP contribution in [0, 0.1) is 5.92 Å². The number of esters is 1. The smallest absolute Gasteiger partial charge is 0.308 e. The maximum Gasteiger partial charge on any atom is 0.308 e. The van der Waals surface area contributed by atoms with E-state index in [0.29, 0.717) is 18.8 Å². The van der Waals surface area contributed by atoms with E-state index in [9.17, 15) is 18.0 Å². The standard InChI is InChI=1S/C16H24N2O5S/c1-5-18(6-2)24(21,22)14-9-7-13(8-10-14)17-15(19)11-23-16(20)12(3)4/h7-10,12H,5-6,11H2,1-4H3,(H,17,19). The summed E-state index contributed by atoms with van der Waals surface area (Å²) in [4.78, 5) is 23.2. The summed E-state index contributed by atoms with van der Waals surface area (Å²) in [5.74, 6) is -1.24. The van der Waals surface area contributed by atoms with E-state index in [4.69, 9.17) is 4.74 Å². The second kappa shape index (κ2) is 8.79. The molecule has 0 radical (unpaired) electrons. The lowest BCUT2D eigenvalue weighted by molar-refractivity contribution is -0.150. The Hall–Kier alpha value is -1.93. The number of anilines is 1. The molecule has 0 unspecified atom stereocenters. The van der Waals surface area contributed by atoms with Crippen molar-refractivity contribution < 1.29 is 22.7 Å². The second-order valence-electron chi connectivity index (χ2n) is 5.42. The third kappa shape index (κ3) is 5.31. The summed E-state index contributed by atoms with van der Waals surface area (Å²) in [5, 5.41) is 2.55. The van der Waals surface area contributed by atoms with E-state index >= 15 is 0 Å². The predicted octanol–water partition coefficient (Wildman–Crippen LogP) is 1.85. The van der Waals surface area contributed by atoms with Gasteiger partial charge in [-0.15, -0.1) is 0 Å². The molecule has 0 bridgehead atoms. The van der Waals surface area contributed by atoms with E-state index in [-0.39, 0.29) is 17.4 Å². The van der Waals surface area contributed by atoms with Crippen molar-refractivity contribution in [1.29, 1.82) is 0 Å². The van der Waals surface area contributed by atoms with Gasteiger partial charge in [0.25, 0.3) is 5.91 Å². The molecule has 24 heavy (non-hydrogen) atoms. The fraction of sp³-hybridized carbons (Fsp3) is 0.500. The molecule has 1 aromatic rings. The van der Waals surface area contributed by atoms with Crippen molar-refractivity contribution in [2.75, 3.05) is 25.0 Å². The molecular formula is C16H24N2O5S. The third-order valence-electron chi connectivity index (χ3n) is 3.30. The number of carbonyl (C=O) groups excluding carboxylic acids is 2. The molecule has 0 atom stereocenters. The summed E-state index contributed by atoms with van der Waals surface area (Å²) in [7, 11) is -3.53. The van der Waals surface area contributed by atoms with E-state index in [1.807, 2.05) is 0 Å². The molecule has 8 heteroatoms. The number of carbonyl (C=O) groups is 2. The number of nitrogens with one attached hydrogen (secondary N) is 1. The first-order chi connectivity index (χ1) is 11.2. The maximum atomic E-state index is 12.4. The largest absolute Gasteiger partial charge is 0.455 e. The van der Waals surface area contributed by atoms with Crippen molar-refractivity contribution in [3.63, 3.8) is 0 Å². The number of hydrogen-bond donors (Lipinski definition) is 1. The van der Waals surface area contributed by atoms with Crippen LogP contribution in [-0.2, 0) is 24.3 Å². The first-order valence-corrected chi connectivity index (χ1v) is 9.23. The Kier molecular flexibility index (Phi) is 7.37. The Balaban J connectivity index is 2.71. The van der Waals surface area contributed by atoms with Crippen molar-refractivity contribution in [3.8, 4) is 0 Å². The van der Waals surface area contributed by atoms with Crippen molar-refractivity contribution in [3.05, 3.63) is 24.3 Å². The van der Waals surface area contributed by atoms with Gasteiger partial charge in [0.15, 0.2) is 6.61 Å². The summed E-state index contributed by atoms with van der Waals surface area (Å²) in [6, 6.07) is 5.86. The summed E-state index contributed by atoms with van der Waals surface area (Å²) in [5.41, 5.74) is 0.430. The van der Waals surface area contributed by atoms with Crippen LogP contribution in [-0.4, -0.2) is 44.3 Å². The van der Waals surface area contributed by atoms with Crippen LogP contribution < -0.4 is 5.32 Å². The van der Waals surface area contributed by atoms with E-state index in [1.54, 1.807) is 27.7 Å². The topological polar surface area (TPSA) is 92.8 Å².